The van der Waals surface area contributed by atoms with Crippen LogP contribution in [-0.2, 0) is 5.54 Å². The van der Waals surface area contributed by atoms with Gasteiger partial charge in [0.2, 0.25) is 0 Å². The van der Waals surface area contributed by atoms with Crippen LogP contribution in [-0.4, -0.2) is 0 Å². The molecule has 3 rings (SSSR count). The van der Waals surface area contributed by atoms with Crippen LogP contribution in [0.25, 0.3) is 0 Å². The maximum Gasteiger partial charge on any atom is 0.0964 e. The second-order valence-electron chi connectivity index (χ2n) is 8.80. The van der Waals surface area contributed by atoms with Crippen molar-refractivity contribution in [3.63, 3.8) is 0 Å². The Kier molecular flexibility index (Phi) is 6.41. The summed E-state index contributed by atoms with van der Waals surface area (Å²) in [7, 11) is 0. The molecule has 2 aliphatic rings. The lowest BCUT2D eigenvalue weighted by Gasteiger charge is -2.37. The summed E-state index contributed by atoms with van der Waals surface area (Å²) in [4.78, 5) is 0. The maximum absolute atomic E-state index is 4.09. The number of nitrogens with one attached hydrogen (secondary N) is 2. The molecule has 1 aromatic carbocycles. The van der Waals surface area contributed by atoms with E-state index in [1.807, 2.05) is 0 Å². The molecule has 0 aromatic heterocycles. The van der Waals surface area contributed by atoms with E-state index in [9.17, 15) is 0 Å². The van der Waals surface area contributed by atoms with Crippen LogP contribution in [0, 0.1) is 12.3 Å². The summed E-state index contributed by atoms with van der Waals surface area (Å²) < 4.78 is 0. The van der Waals surface area contributed by atoms with Gasteiger partial charge in [0.05, 0.1) is 11.4 Å². The average molecular weight is 365 g/mol. The van der Waals surface area contributed by atoms with Crippen LogP contribution in [0.1, 0.15) is 65.0 Å². The number of rotatable bonds is 2. The Morgan fingerprint density at radius 1 is 1.15 bits per heavy atom. The minimum atomic E-state index is -0.0380. The van der Waals surface area contributed by atoms with Gasteiger partial charge in [-0.3, -0.25) is 0 Å². The lowest BCUT2D eigenvalue weighted by atomic mass is 9.89. The molecular formula is C25H36N2. The fraction of sp³-hybridized carbons (Fsp3) is 0.440. The van der Waals surface area contributed by atoms with Crippen molar-refractivity contribution < 1.29 is 0 Å². The molecule has 2 heteroatoms. The number of allylic oxidation sites excluding steroid dienone is 5. The third kappa shape index (κ3) is 5.38. The molecule has 0 amide bonds. The Labute approximate surface area is 166 Å². The standard InChI is InChI=1S/C13H20.C12H16N2/c1-5-9-13(3,4)10-12-8-6-7-11(12)2;1-8-6-5-7-10-11(8)13-9(2)14-12(10,3)4/h5,9-10H,2,6-8H2,1,3-4H3;5-7,13-14H,2H2,1,3-4H3/b9-5-,12-10-;. The number of anilines is 1. The van der Waals surface area contributed by atoms with E-state index in [2.05, 4.69) is 102 Å². The molecule has 0 radical (unpaired) electrons. The Bertz CT molecular complexity index is 776. The van der Waals surface area contributed by atoms with Crippen molar-refractivity contribution in [3.05, 3.63) is 77.7 Å². The topological polar surface area (TPSA) is 24.1 Å². The highest BCUT2D eigenvalue weighted by molar-refractivity contribution is 5.64. The first-order valence-electron chi connectivity index (χ1n) is 9.93. The summed E-state index contributed by atoms with van der Waals surface area (Å²) in [5.41, 5.74) is 6.73. The quantitative estimate of drug-likeness (QED) is 0.554. The van der Waals surface area contributed by atoms with Crippen molar-refractivity contribution in [3.8, 4) is 0 Å². The SMILES string of the molecule is C=C1CCC/C1=C/C(C)(C)/C=C\C.C=C1Nc2c(C)cccc2C(C)(C)N1. The van der Waals surface area contributed by atoms with Crippen molar-refractivity contribution in [1.29, 1.82) is 0 Å². The average Bonchev–Trinajstić information content (AvgIpc) is 2.93. The molecular weight excluding hydrogens is 328 g/mol. The minimum Gasteiger partial charge on any atom is -0.363 e. The van der Waals surface area contributed by atoms with Gasteiger partial charge in [-0.1, -0.05) is 69.0 Å². The van der Waals surface area contributed by atoms with Crippen LogP contribution in [0.5, 0.6) is 0 Å². The Morgan fingerprint density at radius 3 is 2.44 bits per heavy atom. The molecule has 1 fully saturated rings. The molecule has 0 saturated heterocycles. The number of hydrogen-bond acceptors (Lipinski definition) is 2. The fourth-order valence-corrected chi connectivity index (χ4v) is 3.91. The molecule has 2 nitrogen and oxygen atoms in total. The lowest BCUT2D eigenvalue weighted by molar-refractivity contribution is 0.441. The summed E-state index contributed by atoms with van der Waals surface area (Å²) in [6, 6.07) is 6.35. The molecule has 1 saturated carbocycles. The third-order valence-corrected chi connectivity index (χ3v) is 5.21. The first-order chi connectivity index (χ1) is 12.6. The van der Waals surface area contributed by atoms with Gasteiger partial charge in [0.25, 0.3) is 0 Å². The number of hydrogen-bond donors (Lipinski definition) is 2. The van der Waals surface area contributed by atoms with Gasteiger partial charge in [0.15, 0.2) is 0 Å². The first kappa shape index (κ1) is 21.1. The van der Waals surface area contributed by atoms with Gasteiger partial charge >= 0.3 is 0 Å². The van der Waals surface area contributed by atoms with E-state index in [0.29, 0.717) is 0 Å². The highest BCUT2D eigenvalue weighted by atomic mass is 15.2. The number of aryl methyl sites for hydroxylation is 1. The van der Waals surface area contributed by atoms with Crippen LogP contribution in [0.3, 0.4) is 0 Å². The zero-order chi connectivity index (χ0) is 20.2. The molecule has 0 spiro atoms. The van der Waals surface area contributed by atoms with Crippen molar-refractivity contribution in [2.45, 2.75) is 66.3 Å². The van der Waals surface area contributed by atoms with Crippen LogP contribution in [0.15, 0.2) is 66.6 Å². The van der Waals surface area contributed by atoms with E-state index in [1.54, 1.807) is 0 Å². The van der Waals surface area contributed by atoms with E-state index in [4.69, 9.17) is 0 Å². The third-order valence-electron chi connectivity index (χ3n) is 5.21. The highest BCUT2D eigenvalue weighted by Gasteiger charge is 2.28. The second-order valence-corrected chi connectivity index (χ2v) is 8.80. The maximum atomic E-state index is 4.09. The number of fused-ring (bicyclic) bond motifs is 1. The summed E-state index contributed by atoms with van der Waals surface area (Å²) in [5.74, 6) is 0.872. The normalized spacial score (nSPS) is 20.0. The van der Waals surface area contributed by atoms with Gasteiger partial charge < -0.3 is 10.6 Å². The summed E-state index contributed by atoms with van der Waals surface area (Å²) >= 11 is 0. The van der Waals surface area contributed by atoms with Crippen molar-refractivity contribution >= 4 is 5.69 Å². The van der Waals surface area contributed by atoms with E-state index in [1.165, 1.54) is 47.2 Å². The Balaban J connectivity index is 0.000000194. The number of benzene rings is 1. The van der Waals surface area contributed by atoms with E-state index < -0.39 is 0 Å². The van der Waals surface area contributed by atoms with Crippen molar-refractivity contribution in [1.82, 2.24) is 5.32 Å². The zero-order valence-electron chi connectivity index (χ0n) is 18.0. The monoisotopic (exact) mass is 364 g/mol. The Hall–Kier alpha value is -2.22. The molecule has 0 atom stereocenters. The van der Waals surface area contributed by atoms with E-state index in [0.717, 1.165) is 5.82 Å². The molecule has 146 valence electrons. The van der Waals surface area contributed by atoms with Gasteiger partial charge in [-0.2, -0.15) is 0 Å². The molecule has 0 bridgehead atoms. The van der Waals surface area contributed by atoms with Crippen LogP contribution >= 0.6 is 0 Å². The number of para-hydroxylation sites is 1. The van der Waals surface area contributed by atoms with Crippen LogP contribution in [0.2, 0.25) is 0 Å². The lowest BCUT2D eigenvalue weighted by Crippen LogP contribution is -2.42. The van der Waals surface area contributed by atoms with Crippen LogP contribution in [0.4, 0.5) is 5.69 Å². The predicted octanol–water partition coefficient (Wildman–Crippen LogP) is 6.97. The first-order valence-corrected chi connectivity index (χ1v) is 9.93. The second kappa shape index (κ2) is 8.21. The van der Waals surface area contributed by atoms with E-state index >= 15 is 0 Å². The smallest absolute Gasteiger partial charge is 0.0964 e. The van der Waals surface area contributed by atoms with Gasteiger partial charge in [0, 0.05) is 16.7 Å². The van der Waals surface area contributed by atoms with Gasteiger partial charge in [-0.15, -0.1) is 0 Å². The Morgan fingerprint density at radius 2 is 1.85 bits per heavy atom. The van der Waals surface area contributed by atoms with Crippen molar-refractivity contribution in [2.24, 2.45) is 5.41 Å². The largest absolute Gasteiger partial charge is 0.363 e. The van der Waals surface area contributed by atoms with Gasteiger partial charge in [-0.25, -0.2) is 0 Å². The molecule has 1 heterocycles. The van der Waals surface area contributed by atoms with Crippen LogP contribution < -0.4 is 10.6 Å². The molecule has 2 N–H and O–H groups in total. The molecule has 27 heavy (non-hydrogen) atoms. The van der Waals surface area contributed by atoms with Crippen molar-refractivity contribution in [2.75, 3.05) is 5.32 Å². The van der Waals surface area contributed by atoms with Gasteiger partial charge in [0.1, 0.15) is 0 Å². The summed E-state index contributed by atoms with van der Waals surface area (Å²) in [6.45, 7) is 21.0. The molecule has 1 aromatic rings. The highest BCUT2D eigenvalue weighted by Crippen LogP contribution is 2.35. The van der Waals surface area contributed by atoms with Gasteiger partial charge in [-0.05, 0) is 58.1 Å². The molecule has 1 aliphatic heterocycles. The summed E-state index contributed by atoms with van der Waals surface area (Å²) in [5, 5.41) is 6.61. The summed E-state index contributed by atoms with van der Waals surface area (Å²) in [6.07, 6.45) is 10.4. The predicted molar refractivity (Wildman–Crippen MR) is 120 cm³/mol. The zero-order valence-corrected chi connectivity index (χ0v) is 18.0. The minimum absolute atomic E-state index is 0.0380. The van der Waals surface area contributed by atoms with E-state index in [-0.39, 0.29) is 11.0 Å². The molecule has 0 unspecified atom stereocenters. The fourth-order valence-electron chi connectivity index (χ4n) is 3.91. The molecule has 1 aliphatic carbocycles.